The Kier molecular flexibility index (Phi) is 44.0. The van der Waals surface area contributed by atoms with E-state index in [9.17, 15) is 115 Å². The third-order valence-electron chi connectivity index (χ3n) is 15.4. The second-order valence-corrected chi connectivity index (χ2v) is 59.8. The van der Waals surface area contributed by atoms with Gasteiger partial charge in [0, 0.05) is 59.8 Å². The summed E-state index contributed by atoms with van der Waals surface area (Å²) in [6.07, 6.45) is -37.2. The zero-order valence-electron chi connectivity index (χ0n) is 64.1. The minimum absolute atomic E-state index is 0.104. The highest BCUT2D eigenvalue weighted by Gasteiger charge is 2.61. The predicted molar refractivity (Wildman–Crippen MR) is 384 cm³/mol. The van der Waals surface area contributed by atoms with Gasteiger partial charge in [0.15, 0.2) is 30.1 Å². The van der Waals surface area contributed by atoms with E-state index >= 15 is 0 Å². The van der Waals surface area contributed by atoms with Crippen molar-refractivity contribution in [1.29, 1.82) is 0 Å². The quantitative estimate of drug-likeness (QED) is 0.0327. The average Bonchev–Trinajstić information content (AvgIpc) is 0.833. The van der Waals surface area contributed by atoms with Crippen molar-refractivity contribution >= 4 is 120 Å². The molecule has 0 N–H and O–H groups in total. The highest BCUT2D eigenvalue weighted by atomic mass is 28.5. The Bertz CT molecular complexity index is 2910. The zero-order valence-corrected chi connectivity index (χ0v) is 74.1. The Morgan fingerprint density at radius 1 is 0.636 bits per heavy atom. The molecule has 3 radical (unpaired) electrons. The first kappa shape index (κ1) is 109. The van der Waals surface area contributed by atoms with Gasteiger partial charge in [-0.25, -0.2) is 8.78 Å². The van der Waals surface area contributed by atoms with Gasteiger partial charge >= 0.3 is 103 Å². The van der Waals surface area contributed by atoms with E-state index in [1.807, 2.05) is 67.4 Å². The van der Waals surface area contributed by atoms with Crippen molar-refractivity contribution < 1.29 is 172 Å². The molecular formula is C59H97F24N2O15Si10. The third-order valence-corrected chi connectivity index (χ3v) is 47.2. The van der Waals surface area contributed by atoms with E-state index in [-0.39, 0.29) is 31.3 Å². The van der Waals surface area contributed by atoms with E-state index in [0.717, 1.165) is 50.7 Å². The number of rotatable bonds is 29. The van der Waals surface area contributed by atoms with E-state index in [0.29, 0.717) is 32.1 Å². The highest BCUT2D eigenvalue weighted by Crippen LogP contribution is 2.46. The first-order valence-electron chi connectivity index (χ1n) is 32.3. The fourth-order valence-corrected chi connectivity index (χ4v) is 40.3. The number of alkyl halides is 24. The Hall–Kier alpha value is -3.17. The molecule has 0 saturated carbocycles. The highest BCUT2D eigenvalue weighted by molar-refractivity contribution is 6.94. The summed E-state index contributed by atoms with van der Waals surface area (Å²) in [6.45, 7) is 27.4. The Morgan fingerprint density at radius 2 is 1.00 bits per heavy atom. The van der Waals surface area contributed by atoms with Crippen LogP contribution in [0.2, 0.25) is 109 Å². The maximum absolute atomic E-state index is 12.9. The van der Waals surface area contributed by atoms with E-state index in [4.69, 9.17) is 47.4 Å². The molecule has 641 valence electrons. The fourth-order valence-electron chi connectivity index (χ4n) is 9.16. The van der Waals surface area contributed by atoms with Gasteiger partial charge in [0.1, 0.15) is 40.5 Å². The van der Waals surface area contributed by atoms with Crippen molar-refractivity contribution in [2.75, 3.05) is 85.3 Å². The van der Waals surface area contributed by atoms with Gasteiger partial charge in [0.2, 0.25) is 11.8 Å². The SMILES string of the molecule is C=C[Si](C)(C)c1cccc(N(C)C(=O)CC(=O)N(C)c2cccc([Si](C)(C)C=C)c2)c1.CC(F)(OCF)C(F)(F)F.CF.CO[Si](CC[Si]1(C)O[Si](C)O[Si](C)O[Si](C)(COCC2CO2)O1)(OC)OC.C[Si](O[Si](C)(C)CC(C(F)(F)F)C(F)(F)F)O[Si](C)(C)CC(C(F)(F)F)C(F)(F)F.FC(F)(F)COC(F)(F)F. The third kappa shape index (κ3) is 41.6. The molecule has 17 nitrogen and oxygen atoms in total. The molecule has 2 saturated heterocycles. The zero-order chi connectivity index (χ0) is 86.9. The van der Waals surface area contributed by atoms with E-state index in [1.54, 1.807) is 45.2 Å². The smallest absolute Gasteiger partial charge is 0.436 e. The summed E-state index contributed by atoms with van der Waals surface area (Å²) in [5.74, 6) is -11.7. The van der Waals surface area contributed by atoms with Gasteiger partial charge in [-0.1, -0.05) is 72.2 Å². The van der Waals surface area contributed by atoms with Crippen molar-refractivity contribution in [1.82, 2.24) is 0 Å². The summed E-state index contributed by atoms with van der Waals surface area (Å²) in [4.78, 5) is 28.8. The first-order chi connectivity index (χ1) is 49.4. The van der Waals surface area contributed by atoms with E-state index < -0.39 is 173 Å². The number of benzene rings is 2. The number of ether oxygens (including phenoxy) is 4. The molecule has 0 spiro atoms. The fraction of sp³-hybridized carbons (Fsp3) is 0.695. The maximum atomic E-state index is 12.9. The lowest BCUT2D eigenvalue weighted by molar-refractivity contribution is -0.352. The van der Waals surface area contributed by atoms with Crippen molar-refractivity contribution in [2.45, 2.75) is 178 Å². The van der Waals surface area contributed by atoms with Crippen LogP contribution in [0.15, 0.2) is 73.1 Å². The molecule has 2 aliphatic heterocycles. The van der Waals surface area contributed by atoms with Gasteiger partial charge in [-0.2, -0.15) is 79.0 Å². The van der Waals surface area contributed by atoms with Gasteiger partial charge < -0.3 is 62.0 Å². The first-order valence-corrected chi connectivity index (χ1v) is 57.1. The van der Waals surface area contributed by atoms with Gasteiger partial charge in [-0.05, 0) is 101 Å². The molecule has 2 fully saturated rings. The molecule has 2 aromatic carbocycles. The monoisotopic (exact) mass is 1810 g/mol. The number of amides is 2. The predicted octanol–water partition coefficient (Wildman–Crippen LogP) is 17.1. The molecule has 0 aromatic heterocycles. The summed E-state index contributed by atoms with van der Waals surface area (Å²) in [6, 6.07) is 14.4. The van der Waals surface area contributed by atoms with Gasteiger partial charge in [0.05, 0.1) is 26.6 Å². The summed E-state index contributed by atoms with van der Waals surface area (Å²) < 4.78 is 354. The van der Waals surface area contributed by atoms with Crippen LogP contribution in [0, 0.1) is 11.8 Å². The molecular weight excluding hydrogens is 1710 g/mol. The van der Waals surface area contributed by atoms with Gasteiger partial charge in [-0.3, -0.25) is 18.7 Å². The summed E-state index contributed by atoms with van der Waals surface area (Å²) in [7, 11) is -15.7. The molecule has 2 heterocycles. The molecule has 51 heteroatoms. The molecule has 0 bridgehead atoms. The number of hydrogen-bond acceptors (Lipinski definition) is 15. The van der Waals surface area contributed by atoms with E-state index in [2.05, 4.69) is 67.5 Å². The number of epoxide rings is 1. The van der Waals surface area contributed by atoms with Crippen LogP contribution in [0.1, 0.15) is 13.3 Å². The van der Waals surface area contributed by atoms with Crippen LogP contribution in [0.3, 0.4) is 0 Å². The van der Waals surface area contributed by atoms with Crippen LogP contribution in [-0.2, 0) is 66.5 Å². The van der Waals surface area contributed by atoms with Crippen molar-refractivity contribution in [2.24, 2.45) is 11.8 Å². The second-order valence-electron chi connectivity index (χ2n) is 26.9. The number of nitrogens with zero attached hydrogens (tertiary/aromatic N) is 2. The van der Waals surface area contributed by atoms with Crippen molar-refractivity contribution in [3.05, 3.63) is 73.1 Å². The Balaban J connectivity index is 0. The van der Waals surface area contributed by atoms with Crippen molar-refractivity contribution in [3.8, 4) is 0 Å². The van der Waals surface area contributed by atoms with Crippen molar-refractivity contribution in [3.63, 3.8) is 0 Å². The molecule has 2 amide bonds. The standard InChI is InChI=1S/C25H34N2O2Si2.C13H21F12O2Si3.C13H32O9Si5.C4H5F5O.C3H2F6O.CH3F/c1-9-30(5,6)22-15-11-13-20(17-22)26(3)24(28)19-25(29)27(4)21-14-12-16-23(18-21)31(7,8)10-2;1-28(26-29(2,3)6-8(10(14,15)16)11(17,18)19)27-30(4,5)7-9(12(20,21)22)13(23,24)25;1-14-27(15-2,16-3)9-8-25(6)20-23(4)19-24(5)21-26(7,22-25)12-17-10-13-11-18-13;1-3(6,10-2-5)4(7,8)9;4-2(5,6)1-10-3(7,8)9;1-2/h9-18H,1-2,19H2,3-8H3;8-9H,6-7H2,1-5H3;13H,8-12H2,1-7H3;2H2,1H3;1H2;1H3. The topological polar surface area (TPSA) is 164 Å². The number of hydrogen-bond donors (Lipinski definition) is 0. The van der Waals surface area contributed by atoms with Crippen LogP contribution in [0.25, 0.3) is 0 Å². The van der Waals surface area contributed by atoms with Crippen LogP contribution in [0.4, 0.5) is 117 Å². The Morgan fingerprint density at radius 3 is 1.28 bits per heavy atom. The molecule has 4 unspecified atom stereocenters. The van der Waals surface area contributed by atoms with Gasteiger partial charge in [0.25, 0.3) is 0 Å². The lowest BCUT2D eigenvalue weighted by atomic mass is 10.1. The second kappa shape index (κ2) is 44.4. The van der Waals surface area contributed by atoms with Crippen LogP contribution in [0.5, 0.6) is 0 Å². The largest absolute Gasteiger partial charge is 0.522 e. The molecule has 4 rings (SSSR count). The van der Waals surface area contributed by atoms with Crippen LogP contribution >= 0.6 is 0 Å². The lowest BCUT2D eigenvalue weighted by Gasteiger charge is -2.42. The number of carbonyl (C=O) groups excluding carboxylic acids is 2. The van der Waals surface area contributed by atoms with E-state index in [1.165, 1.54) is 10.4 Å². The molecule has 2 aromatic rings. The molecule has 0 aliphatic carbocycles. The summed E-state index contributed by atoms with van der Waals surface area (Å²) >= 11 is 0. The molecule has 2 aliphatic rings. The maximum Gasteiger partial charge on any atom is 0.522 e. The molecule has 4 atom stereocenters. The summed E-state index contributed by atoms with van der Waals surface area (Å²) in [5.41, 5.74) is 5.64. The number of anilines is 2. The minimum atomic E-state index is -5.59. The number of carbonyl (C=O) groups is 2. The normalized spacial score (nSPS) is 18.8. The number of halogens is 24. The molecule has 110 heavy (non-hydrogen) atoms. The summed E-state index contributed by atoms with van der Waals surface area (Å²) in [5, 5.41) is 2.41. The van der Waals surface area contributed by atoms with Crippen LogP contribution < -0.4 is 20.2 Å². The van der Waals surface area contributed by atoms with Gasteiger partial charge in [-0.15, -0.1) is 26.3 Å². The Labute approximate surface area is 637 Å². The minimum Gasteiger partial charge on any atom is -0.436 e. The lowest BCUT2D eigenvalue weighted by Crippen LogP contribution is -2.62. The average molecular weight is 1810 g/mol. The van der Waals surface area contributed by atoms with Crippen LogP contribution in [-0.4, -0.2) is 229 Å².